The fourth-order valence-electron chi connectivity index (χ4n) is 1.89. The smallest absolute Gasteiger partial charge is 0.235 e. The van der Waals surface area contributed by atoms with E-state index in [9.17, 15) is 14.4 Å². The van der Waals surface area contributed by atoms with Gasteiger partial charge in [-0.25, -0.2) is 0 Å². The van der Waals surface area contributed by atoms with Gasteiger partial charge in [-0.05, 0) is 16.7 Å². The molecule has 1 aromatic rings. The monoisotopic (exact) mass is 393 g/mol. The van der Waals surface area contributed by atoms with Gasteiger partial charge in [0.1, 0.15) is 17.6 Å². The molecule has 0 saturated heterocycles. The normalized spacial score (nSPS) is 10.1. The molecule has 0 heterocycles. The van der Waals surface area contributed by atoms with Crippen molar-refractivity contribution in [1.82, 2.24) is 16.0 Å². The van der Waals surface area contributed by atoms with Gasteiger partial charge in [0.25, 0.3) is 0 Å². The molecule has 0 radical (unpaired) electrons. The van der Waals surface area contributed by atoms with E-state index >= 15 is 0 Å². The van der Waals surface area contributed by atoms with Crippen LogP contribution in [0.1, 0.15) is 16.7 Å². The highest BCUT2D eigenvalue weighted by atomic mass is 35.5. The van der Waals surface area contributed by atoms with Crippen molar-refractivity contribution in [3.8, 4) is 0 Å². The number of carbonyl (C=O) groups excluding carboxylic acids is 3. The molecule has 0 unspecified atom stereocenters. The second-order valence-corrected chi connectivity index (χ2v) is 5.69. The zero-order valence-electron chi connectivity index (χ0n) is 12.8. The molecule has 1 rings (SSSR count). The van der Waals surface area contributed by atoms with E-state index in [1.165, 1.54) is 0 Å². The fourth-order valence-corrected chi connectivity index (χ4v) is 2.17. The molecule has 3 N–H and O–H groups in total. The van der Waals surface area contributed by atoms with E-state index in [4.69, 9.17) is 34.8 Å². The van der Waals surface area contributed by atoms with Gasteiger partial charge in [-0.15, -0.1) is 34.8 Å². The summed E-state index contributed by atoms with van der Waals surface area (Å²) in [5, 5.41) is 8.00. The van der Waals surface area contributed by atoms with Crippen LogP contribution in [-0.2, 0) is 34.0 Å². The Bertz CT molecular complexity index is 503. The minimum Gasteiger partial charge on any atom is -0.351 e. The number of nitrogens with one attached hydrogen (secondary N) is 3. The van der Waals surface area contributed by atoms with Gasteiger partial charge in [0, 0.05) is 19.6 Å². The molecule has 24 heavy (non-hydrogen) atoms. The van der Waals surface area contributed by atoms with Crippen molar-refractivity contribution in [3.63, 3.8) is 0 Å². The summed E-state index contributed by atoms with van der Waals surface area (Å²) in [4.78, 5) is 33.8. The van der Waals surface area contributed by atoms with Crippen LogP contribution in [-0.4, -0.2) is 35.4 Å². The van der Waals surface area contributed by atoms with Gasteiger partial charge in [-0.2, -0.15) is 0 Å². The number of alkyl halides is 3. The quantitative estimate of drug-likeness (QED) is 0.551. The van der Waals surface area contributed by atoms with Gasteiger partial charge < -0.3 is 16.0 Å². The second kappa shape index (κ2) is 11.1. The fraction of sp³-hybridized carbons (Fsp3) is 0.400. The van der Waals surface area contributed by atoms with Crippen LogP contribution in [0.5, 0.6) is 0 Å². The topological polar surface area (TPSA) is 87.3 Å². The maximum absolute atomic E-state index is 11.3. The van der Waals surface area contributed by atoms with Crippen LogP contribution in [0.25, 0.3) is 0 Å². The lowest BCUT2D eigenvalue weighted by atomic mass is 10.0. The van der Waals surface area contributed by atoms with Crippen LogP contribution >= 0.6 is 34.8 Å². The van der Waals surface area contributed by atoms with Gasteiger partial charge in [0.15, 0.2) is 0 Å². The molecule has 0 spiro atoms. The summed E-state index contributed by atoms with van der Waals surface area (Å²) in [5.41, 5.74) is 2.46. The maximum Gasteiger partial charge on any atom is 0.235 e. The molecule has 132 valence electrons. The largest absolute Gasteiger partial charge is 0.351 e. The second-order valence-electron chi connectivity index (χ2n) is 4.89. The van der Waals surface area contributed by atoms with E-state index in [1.807, 2.05) is 18.2 Å². The highest BCUT2D eigenvalue weighted by Crippen LogP contribution is 2.11. The molecular weight excluding hydrogens is 377 g/mol. The molecule has 0 saturated carbocycles. The first kappa shape index (κ1) is 20.5. The van der Waals surface area contributed by atoms with E-state index in [-0.39, 0.29) is 35.4 Å². The lowest BCUT2D eigenvalue weighted by Crippen LogP contribution is -2.26. The first-order valence-electron chi connectivity index (χ1n) is 7.08. The molecule has 0 aliphatic rings. The van der Waals surface area contributed by atoms with Crippen molar-refractivity contribution in [2.45, 2.75) is 19.6 Å². The van der Waals surface area contributed by atoms with Gasteiger partial charge >= 0.3 is 0 Å². The molecule has 0 aliphatic heterocycles. The summed E-state index contributed by atoms with van der Waals surface area (Å²) in [7, 11) is 0. The number of hydrogen-bond acceptors (Lipinski definition) is 3. The van der Waals surface area contributed by atoms with Gasteiger partial charge in [0.2, 0.25) is 17.7 Å². The summed E-state index contributed by atoms with van der Waals surface area (Å²) in [6, 6.07) is 5.53. The summed E-state index contributed by atoms with van der Waals surface area (Å²) in [6.07, 6.45) is 0. The Kier molecular flexibility index (Phi) is 9.52. The van der Waals surface area contributed by atoms with E-state index in [0.717, 1.165) is 16.7 Å². The maximum atomic E-state index is 11.3. The number of amides is 3. The van der Waals surface area contributed by atoms with Crippen LogP contribution in [0.4, 0.5) is 0 Å². The molecule has 0 aliphatic carbocycles. The Balaban J connectivity index is 2.84. The van der Waals surface area contributed by atoms with Crippen LogP contribution < -0.4 is 16.0 Å². The molecule has 6 nitrogen and oxygen atoms in total. The zero-order chi connectivity index (χ0) is 17.9. The van der Waals surface area contributed by atoms with Crippen molar-refractivity contribution in [3.05, 3.63) is 34.9 Å². The van der Waals surface area contributed by atoms with Gasteiger partial charge in [-0.3, -0.25) is 14.4 Å². The van der Waals surface area contributed by atoms with Gasteiger partial charge in [-0.1, -0.05) is 18.2 Å². The number of rotatable bonds is 9. The van der Waals surface area contributed by atoms with Crippen molar-refractivity contribution in [2.24, 2.45) is 0 Å². The van der Waals surface area contributed by atoms with Crippen molar-refractivity contribution >= 4 is 52.5 Å². The van der Waals surface area contributed by atoms with Crippen LogP contribution in [0.2, 0.25) is 0 Å². The molecule has 9 heteroatoms. The van der Waals surface area contributed by atoms with Gasteiger partial charge in [0.05, 0.1) is 0 Å². The van der Waals surface area contributed by atoms with E-state index < -0.39 is 0 Å². The first-order chi connectivity index (χ1) is 11.5. The Hall–Kier alpha value is -1.50. The molecule has 0 atom stereocenters. The zero-order valence-corrected chi connectivity index (χ0v) is 15.1. The Morgan fingerprint density at radius 2 is 0.875 bits per heavy atom. The van der Waals surface area contributed by atoms with Crippen LogP contribution in [0.15, 0.2) is 18.2 Å². The highest BCUT2D eigenvalue weighted by molar-refractivity contribution is 6.27. The molecule has 3 amide bonds. The van der Waals surface area contributed by atoms with Crippen molar-refractivity contribution in [2.75, 3.05) is 17.6 Å². The van der Waals surface area contributed by atoms with E-state index in [1.54, 1.807) is 0 Å². The first-order valence-corrected chi connectivity index (χ1v) is 8.68. The summed E-state index contributed by atoms with van der Waals surface area (Å²) in [5.74, 6) is -1.21. The van der Waals surface area contributed by atoms with Crippen LogP contribution in [0, 0.1) is 0 Å². The summed E-state index contributed by atoms with van der Waals surface area (Å²) in [6.45, 7) is 0.873. The average Bonchev–Trinajstić information content (AvgIpc) is 2.61. The predicted octanol–water partition coefficient (Wildman–Crippen LogP) is 1.25. The van der Waals surface area contributed by atoms with E-state index in [0.29, 0.717) is 19.6 Å². The lowest BCUT2D eigenvalue weighted by Gasteiger charge is -2.12. The third-order valence-corrected chi connectivity index (χ3v) is 3.67. The Labute approximate surface area is 155 Å². The average molecular weight is 395 g/mol. The molecule has 1 aromatic carbocycles. The lowest BCUT2D eigenvalue weighted by molar-refractivity contribution is -0.119. The number of hydrogen-bond donors (Lipinski definition) is 3. The minimum atomic E-state index is -0.283. The summed E-state index contributed by atoms with van der Waals surface area (Å²) < 4.78 is 0. The van der Waals surface area contributed by atoms with Crippen molar-refractivity contribution in [1.29, 1.82) is 0 Å². The van der Waals surface area contributed by atoms with E-state index in [2.05, 4.69) is 16.0 Å². The SMILES string of the molecule is O=C(CCl)NCc1cc(CNC(=O)CCl)cc(CNC(=O)CCl)c1. The molecule has 0 fully saturated rings. The number of halogens is 3. The summed E-state index contributed by atoms with van der Waals surface area (Å²) >= 11 is 16.3. The Morgan fingerprint density at radius 3 is 1.08 bits per heavy atom. The molecular formula is C15H18Cl3N3O3. The minimum absolute atomic E-state index is 0.121. The predicted molar refractivity (Wildman–Crippen MR) is 94.1 cm³/mol. The third kappa shape index (κ3) is 7.86. The number of carbonyl (C=O) groups is 3. The van der Waals surface area contributed by atoms with Crippen molar-refractivity contribution < 1.29 is 14.4 Å². The van der Waals surface area contributed by atoms with Crippen LogP contribution in [0.3, 0.4) is 0 Å². The molecule has 0 bridgehead atoms. The Morgan fingerprint density at radius 1 is 0.625 bits per heavy atom. The standard InChI is InChI=1S/C15H18Cl3N3O3/c16-4-13(22)19-7-10-1-11(8-20-14(23)5-17)3-12(2-10)9-21-15(24)6-18/h1-3H,4-9H2,(H,19,22)(H,20,23)(H,21,24). The molecule has 0 aromatic heterocycles. The number of benzene rings is 1. The highest BCUT2D eigenvalue weighted by Gasteiger charge is 2.06. The third-order valence-electron chi connectivity index (χ3n) is 2.95.